The molecule has 0 aromatic heterocycles. The van der Waals surface area contributed by atoms with Crippen LogP contribution in [0.15, 0.2) is 12.1 Å². The summed E-state index contributed by atoms with van der Waals surface area (Å²) in [5.74, 6) is 6.57. The summed E-state index contributed by atoms with van der Waals surface area (Å²) in [4.78, 5) is 11.2. The van der Waals surface area contributed by atoms with Crippen LogP contribution in [0.4, 0.5) is 0 Å². The first kappa shape index (κ1) is 20.6. The maximum atomic E-state index is 11.2. The monoisotopic (exact) mass is 341 g/mol. The van der Waals surface area contributed by atoms with Crippen molar-refractivity contribution in [2.24, 2.45) is 5.73 Å². The van der Waals surface area contributed by atoms with Crippen LogP contribution in [-0.4, -0.2) is 26.0 Å². The van der Waals surface area contributed by atoms with Gasteiger partial charge in [-0.05, 0) is 50.8 Å². The van der Waals surface area contributed by atoms with Gasteiger partial charge in [0.15, 0.2) is 0 Å². The highest BCUT2D eigenvalue weighted by Crippen LogP contribution is 2.32. The summed E-state index contributed by atoms with van der Waals surface area (Å²) in [5.41, 5.74) is 7.13. The molecule has 0 atom stereocenters. The third-order valence-corrected chi connectivity index (χ3v) is 3.65. The van der Waals surface area contributed by atoms with Crippen molar-refractivity contribution in [2.45, 2.75) is 44.9 Å². The van der Waals surface area contributed by atoms with Crippen molar-refractivity contribution in [3.63, 3.8) is 0 Å². The minimum absolute atomic E-state index is 0.504. The third-order valence-electron chi connectivity index (χ3n) is 3.65. The summed E-state index contributed by atoms with van der Waals surface area (Å²) in [7, 11) is 0. The van der Waals surface area contributed by atoms with Crippen molar-refractivity contribution in [1.82, 2.24) is 0 Å². The number of hydrogen-bond donors (Lipinski definition) is 1. The van der Waals surface area contributed by atoms with Crippen LogP contribution in [0.25, 0.3) is 0 Å². The molecule has 134 valence electrons. The largest absolute Gasteiger partial charge is 0.493 e. The zero-order valence-corrected chi connectivity index (χ0v) is 14.8. The molecule has 0 radical (unpaired) electrons. The highest BCUT2D eigenvalue weighted by atomic mass is 16.5. The number of carbonyl (C=O) groups is 1. The Morgan fingerprint density at radius 2 is 1.56 bits per heavy atom. The normalized spacial score (nSPS) is 9.88. The van der Waals surface area contributed by atoms with Crippen LogP contribution in [0.3, 0.4) is 0 Å². The molecule has 0 fully saturated rings. The molecule has 0 aliphatic carbocycles. The molecule has 0 unspecified atom stereocenters. The first-order valence-corrected chi connectivity index (χ1v) is 8.71. The predicted molar refractivity (Wildman–Crippen MR) is 101 cm³/mol. The Morgan fingerprint density at radius 3 is 2.12 bits per heavy atom. The van der Waals surface area contributed by atoms with E-state index in [1.54, 1.807) is 12.1 Å². The van der Waals surface area contributed by atoms with E-state index in [-0.39, 0.29) is 0 Å². The molecule has 0 aliphatic rings. The van der Waals surface area contributed by atoms with Crippen molar-refractivity contribution in [3.05, 3.63) is 23.3 Å². The summed E-state index contributed by atoms with van der Waals surface area (Å²) in [6, 6.07) is 3.51. The van der Waals surface area contributed by atoms with Gasteiger partial charge in [-0.2, -0.15) is 0 Å². The van der Waals surface area contributed by atoms with Crippen molar-refractivity contribution in [1.29, 1.82) is 0 Å². The number of carbonyl (C=O) groups excluding carboxylic acids is 1. The molecule has 1 rings (SSSR count). The van der Waals surface area contributed by atoms with Crippen molar-refractivity contribution in [3.8, 4) is 36.2 Å². The van der Waals surface area contributed by atoms with Crippen molar-refractivity contribution in [2.75, 3.05) is 19.8 Å². The van der Waals surface area contributed by atoms with Gasteiger partial charge in [-0.3, -0.25) is 4.79 Å². The second-order valence-corrected chi connectivity index (χ2v) is 5.67. The van der Waals surface area contributed by atoms with Crippen molar-refractivity contribution >= 4 is 6.29 Å². The molecule has 25 heavy (non-hydrogen) atoms. The number of hydrogen-bond acceptors (Lipinski definition) is 4. The molecule has 4 nitrogen and oxygen atoms in total. The van der Waals surface area contributed by atoms with Gasteiger partial charge in [0, 0.05) is 24.0 Å². The molecule has 0 aliphatic heterocycles. The van der Waals surface area contributed by atoms with Gasteiger partial charge >= 0.3 is 0 Å². The fraction of sp³-hybridized carbons (Fsp3) is 0.476. The summed E-state index contributed by atoms with van der Waals surface area (Å²) in [5, 5.41) is 0. The predicted octanol–water partition coefficient (Wildman–Crippen LogP) is 3.36. The quantitative estimate of drug-likeness (QED) is 0.339. The number of aldehydes is 1. The Morgan fingerprint density at radius 1 is 0.960 bits per heavy atom. The minimum Gasteiger partial charge on any atom is -0.493 e. The Kier molecular flexibility index (Phi) is 10.7. The fourth-order valence-electron chi connectivity index (χ4n) is 2.36. The molecule has 0 saturated carbocycles. The van der Waals surface area contributed by atoms with Crippen LogP contribution in [0.2, 0.25) is 0 Å². The Bertz CT molecular complexity index is 611. The lowest BCUT2D eigenvalue weighted by molar-refractivity contribution is 0.112. The molecule has 0 spiro atoms. The molecule has 0 heterocycles. The Balaban J connectivity index is 2.90. The number of benzene rings is 1. The van der Waals surface area contributed by atoms with Crippen LogP contribution in [0, 0.1) is 24.7 Å². The summed E-state index contributed by atoms with van der Waals surface area (Å²) < 4.78 is 11.8. The highest BCUT2D eigenvalue weighted by Gasteiger charge is 2.13. The van der Waals surface area contributed by atoms with E-state index < -0.39 is 0 Å². The van der Waals surface area contributed by atoms with Gasteiger partial charge in [-0.25, -0.2) is 0 Å². The number of unbranched alkanes of at least 4 members (excludes halogenated alkanes) is 3. The molecule has 0 bridgehead atoms. The van der Waals surface area contributed by atoms with E-state index in [9.17, 15) is 4.79 Å². The first-order valence-electron chi connectivity index (χ1n) is 8.71. The van der Waals surface area contributed by atoms with E-state index >= 15 is 0 Å². The second kappa shape index (κ2) is 12.9. The third kappa shape index (κ3) is 7.79. The lowest BCUT2D eigenvalue weighted by Crippen LogP contribution is -2.08. The molecule has 2 N–H and O–H groups in total. The average molecular weight is 341 g/mol. The number of rotatable bonds is 13. The number of nitrogens with two attached hydrogens (primary N) is 1. The molecule has 1 aromatic rings. The Hall–Kier alpha value is -2.43. The van der Waals surface area contributed by atoms with E-state index in [4.69, 9.17) is 28.1 Å². The van der Waals surface area contributed by atoms with Gasteiger partial charge in [-0.15, -0.1) is 24.7 Å². The molecule has 0 saturated heterocycles. The van der Waals surface area contributed by atoms with Gasteiger partial charge in [-0.1, -0.05) is 0 Å². The standard InChI is InChI=1S/C21H27NO3/c1-3-5-7-9-14-25-21-16-18(17-23)15-20(19(21)11-10-12-22)24-13-8-6-4-2/h1-2,15-17H,5-14,22H2. The molecular weight excluding hydrogens is 314 g/mol. The van der Waals surface area contributed by atoms with Gasteiger partial charge in [0.1, 0.15) is 17.8 Å². The number of terminal acetylenes is 2. The molecule has 1 aromatic carbocycles. The maximum Gasteiger partial charge on any atom is 0.150 e. The average Bonchev–Trinajstić information content (AvgIpc) is 2.63. The van der Waals surface area contributed by atoms with E-state index in [0.717, 1.165) is 50.4 Å². The minimum atomic E-state index is 0.504. The molecular formula is C21H27NO3. The smallest absolute Gasteiger partial charge is 0.150 e. The highest BCUT2D eigenvalue weighted by molar-refractivity contribution is 5.77. The molecule has 4 heteroatoms. The van der Waals surface area contributed by atoms with E-state index in [2.05, 4.69) is 11.8 Å². The van der Waals surface area contributed by atoms with E-state index in [0.29, 0.717) is 43.2 Å². The zero-order valence-electron chi connectivity index (χ0n) is 14.8. The van der Waals surface area contributed by atoms with Crippen LogP contribution in [0.5, 0.6) is 11.5 Å². The van der Waals surface area contributed by atoms with E-state index in [1.165, 1.54) is 0 Å². The molecule has 0 amide bonds. The van der Waals surface area contributed by atoms with Gasteiger partial charge in [0.25, 0.3) is 0 Å². The van der Waals surface area contributed by atoms with Gasteiger partial charge < -0.3 is 15.2 Å². The Labute approximate surface area is 151 Å². The first-order chi connectivity index (χ1) is 12.3. The van der Waals surface area contributed by atoms with Crippen molar-refractivity contribution < 1.29 is 14.3 Å². The van der Waals surface area contributed by atoms with E-state index in [1.807, 2.05) is 0 Å². The zero-order chi connectivity index (χ0) is 18.3. The van der Waals surface area contributed by atoms with Crippen LogP contribution in [-0.2, 0) is 6.42 Å². The SMILES string of the molecule is C#CCCCCOc1cc(C=O)cc(OCCCC#C)c1CCCN. The summed E-state index contributed by atoms with van der Waals surface area (Å²) in [6.45, 7) is 1.63. The van der Waals surface area contributed by atoms with Crippen LogP contribution >= 0.6 is 0 Å². The maximum absolute atomic E-state index is 11.2. The fourth-order valence-corrected chi connectivity index (χ4v) is 2.36. The number of ether oxygens (including phenoxy) is 2. The topological polar surface area (TPSA) is 61.5 Å². The van der Waals surface area contributed by atoms with Crippen LogP contribution < -0.4 is 15.2 Å². The summed E-state index contributed by atoms with van der Waals surface area (Å²) >= 11 is 0. The lowest BCUT2D eigenvalue weighted by Gasteiger charge is -2.17. The van der Waals surface area contributed by atoms with Crippen LogP contribution in [0.1, 0.15) is 54.4 Å². The lowest BCUT2D eigenvalue weighted by atomic mass is 10.0. The summed E-state index contributed by atoms with van der Waals surface area (Å²) in [6.07, 6.45) is 16.8. The van der Waals surface area contributed by atoms with Gasteiger partial charge in [0.2, 0.25) is 0 Å². The van der Waals surface area contributed by atoms with Gasteiger partial charge in [0.05, 0.1) is 13.2 Å². The second-order valence-electron chi connectivity index (χ2n) is 5.67.